The zero-order chi connectivity index (χ0) is 22.5. The summed E-state index contributed by atoms with van der Waals surface area (Å²) < 4.78 is 29.4. The van der Waals surface area contributed by atoms with Gasteiger partial charge in [-0.25, -0.2) is 23.4 Å². The molecule has 3 aliphatic rings. The van der Waals surface area contributed by atoms with Gasteiger partial charge in [-0.2, -0.15) is 4.98 Å². The van der Waals surface area contributed by atoms with E-state index in [1.54, 1.807) is 6.33 Å². The molecule has 3 aromatic rings. The van der Waals surface area contributed by atoms with Crippen molar-refractivity contribution < 1.29 is 8.78 Å². The first-order valence-corrected chi connectivity index (χ1v) is 11.5. The van der Waals surface area contributed by atoms with E-state index in [4.69, 9.17) is 4.98 Å². The highest BCUT2D eigenvalue weighted by Gasteiger charge is 2.43. The highest BCUT2D eigenvalue weighted by molar-refractivity contribution is 5.59. The lowest BCUT2D eigenvalue weighted by Gasteiger charge is -2.38. The summed E-state index contributed by atoms with van der Waals surface area (Å²) in [6.07, 6.45) is 4.78. The second-order valence-corrected chi connectivity index (χ2v) is 9.28. The molecular formula is C23H26F2N8. The molecule has 2 fully saturated rings. The Hall–Kier alpha value is -3.30. The first-order chi connectivity index (χ1) is 16.0. The third-order valence-electron chi connectivity index (χ3n) is 7.05. The summed E-state index contributed by atoms with van der Waals surface area (Å²) in [5.74, 6) is 1.97. The molecule has 6 rings (SSSR count). The van der Waals surface area contributed by atoms with Gasteiger partial charge in [0.1, 0.15) is 23.8 Å². The summed E-state index contributed by atoms with van der Waals surface area (Å²) in [7, 11) is 0. The zero-order valence-electron chi connectivity index (χ0n) is 18.5. The van der Waals surface area contributed by atoms with E-state index in [1.807, 2.05) is 22.6 Å². The molecule has 1 unspecified atom stereocenters. The normalized spacial score (nSPS) is 24.2. The number of piperidine rings is 1. The van der Waals surface area contributed by atoms with E-state index in [0.29, 0.717) is 42.0 Å². The van der Waals surface area contributed by atoms with Crippen LogP contribution in [0.5, 0.6) is 0 Å². The Bertz CT molecular complexity index is 1150. The van der Waals surface area contributed by atoms with Crippen LogP contribution in [0.3, 0.4) is 0 Å². The van der Waals surface area contributed by atoms with Crippen molar-refractivity contribution >= 4 is 23.4 Å². The highest BCUT2D eigenvalue weighted by Crippen LogP contribution is 2.40. The molecule has 1 aliphatic carbocycles. The third-order valence-corrected chi connectivity index (χ3v) is 7.05. The van der Waals surface area contributed by atoms with Crippen molar-refractivity contribution in [3.8, 4) is 0 Å². The van der Waals surface area contributed by atoms with Crippen LogP contribution >= 0.6 is 0 Å². The van der Waals surface area contributed by atoms with Gasteiger partial charge >= 0.3 is 0 Å². The van der Waals surface area contributed by atoms with Crippen molar-refractivity contribution in [2.75, 3.05) is 34.8 Å². The summed E-state index contributed by atoms with van der Waals surface area (Å²) >= 11 is 0. The van der Waals surface area contributed by atoms with Crippen LogP contribution in [0.25, 0.3) is 0 Å². The molecule has 1 saturated carbocycles. The van der Waals surface area contributed by atoms with Gasteiger partial charge in [-0.3, -0.25) is 0 Å². The maximum atomic E-state index is 13.8. The maximum absolute atomic E-state index is 13.8. The molecule has 33 heavy (non-hydrogen) atoms. The molecular weight excluding hydrogens is 426 g/mol. The standard InChI is InChI=1S/C23H26F2N8/c1-14-7-20(27-13-26-14)31-11-15-3-4-16(12-31)21(15)28-22-29-23-32(5-2-6-33(23)30-22)19-9-17(24)8-18(25)10-19/h7-10,13,15-16,21H,2-6,11-12H2,1H3,(H,28,30)/t15-,16+,21?. The van der Waals surface area contributed by atoms with Crippen LogP contribution in [-0.4, -0.2) is 50.4 Å². The molecule has 3 atom stereocenters. The molecule has 1 N–H and O–H groups in total. The second kappa shape index (κ2) is 7.93. The van der Waals surface area contributed by atoms with Crippen LogP contribution < -0.4 is 15.1 Å². The lowest BCUT2D eigenvalue weighted by molar-refractivity contribution is 0.374. The molecule has 8 nitrogen and oxygen atoms in total. The molecule has 0 radical (unpaired) electrons. The van der Waals surface area contributed by atoms with Gasteiger partial charge in [0.05, 0.1) is 0 Å². The lowest BCUT2D eigenvalue weighted by Crippen LogP contribution is -2.48. The summed E-state index contributed by atoms with van der Waals surface area (Å²) in [4.78, 5) is 17.6. The number of aromatic nitrogens is 5. The van der Waals surface area contributed by atoms with Crippen LogP contribution in [0, 0.1) is 30.4 Å². The zero-order valence-corrected chi connectivity index (χ0v) is 18.5. The van der Waals surface area contributed by atoms with Gasteiger partial charge in [-0.1, -0.05) is 0 Å². The molecule has 1 saturated heterocycles. The van der Waals surface area contributed by atoms with Gasteiger partial charge < -0.3 is 15.1 Å². The van der Waals surface area contributed by atoms with E-state index >= 15 is 0 Å². The molecule has 1 aromatic carbocycles. The quantitative estimate of drug-likeness (QED) is 0.649. The predicted octanol–water partition coefficient (Wildman–Crippen LogP) is 3.52. The number of benzene rings is 1. The van der Waals surface area contributed by atoms with Crippen LogP contribution in [-0.2, 0) is 6.54 Å². The molecule has 0 amide bonds. The van der Waals surface area contributed by atoms with Crippen molar-refractivity contribution in [3.05, 3.63) is 47.9 Å². The lowest BCUT2D eigenvalue weighted by atomic mass is 9.92. The van der Waals surface area contributed by atoms with Gasteiger partial charge in [0.15, 0.2) is 0 Å². The Morgan fingerprint density at radius 3 is 2.45 bits per heavy atom. The average Bonchev–Trinajstić information content (AvgIpc) is 3.29. The topological polar surface area (TPSA) is 75.0 Å². The van der Waals surface area contributed by atoms with Crippen molar-refractivity contribution in [1.82, 2.24) is 24.7 Å². The van der Waals surface area contributed by atoms with E-state index in [9.17, 15) is 8.78 Å². The third kappa shape index (κ3) is 3.77. The van der Waals surface area contributed by atoms with E-state index < -0.39 is 11.6 Å². The van der Waals surface area contributed by atoms with E-state index in [2.05, 4.69) is 25.3 Å². The fourth-order valence-corrected chi connectivity index (χ4v) is 5.57. The Morgan fingerprint density at radius 1 is 0.970 bits per heavy atom. The van der Waals surface area contributed by atoms with E-state index in [0.717, 1.165) is 56.5 Å². The number of halogens is 2. The fraction of sp³-hybridized carbons (Fsp3) is 0.478. The maximum Gasteiger partial charge on any atom is 0.244 e. The number of nitrogens with zero attached hydrogens (tertiary/aromatic N) is 7. The predicted molar refractivity (Wildman–Crippen MR) is 121 cm³/mol. The van der Waals surface area contributed by atoms with Crippen LogP contribution in [0.4, 0.5) is 32.2 Å². The number of aryl methyl sites for hydroxylation is 2. The highest BCUT2D eigenvalue weighted by atomic mass is 19.1. The smallest absolute Gasteiger partial charge is 0.244 e. The van der Waals surface area contributed by atoms with Crippen molar-refractivity contribution in [2.45, 2.75) is 38.8 Å². The Labute approximate surface area is 190 Å². The number of hydrogen-bond donors (Lipinski definition) is 1. The van der Waals surface area contributed by atoms with Crippen molar-refractivity contribution in [2.24, 2.45) is 11.8 Å². The van der Waals surface area contributed by atoms with Gasteiger partial charge in [0, 0.05) is 55.7 Å². The summed E-state index contributed by atoms with van der Waals surface area (Å²) in [5, 5.41) is 8.28. The Morgan fingerprint density at radius 2 is 1.73 bits per heavy atom. The largest absolute Gasteiger partial charge is 0.356 e. The first-order valence-electron chi connectivity index (χ1n) is 11.5. The van der Waals surface area contributed by atoms with Crippen LogP contribution in [0.1, 0.15) is 25.0 Å². The van der Waals surface area contributed by atoms with Crippen LogP contribution in [0.15, 0.2) is 30.6 Å². The first kappa shape index (κ1) is 20.3. The Balaban J connectivity index is 1.21. The summed E-state index contributed by atoms with van der Waals surface area (Å²) in [6.45, 7) is 5.24. The van der Waals surface area contributed by atoms with Gasteiger partial charge in [-0.05, 0) is 50.2 Å². The van der Waals surface area contributed by atoms with Crippen molar-refractivity contribution in [3.63, 3.8) is 0 Å². The molecule has 2 bridgehead atoms. The monoisotopic (exact) mass is 452 g/mol. The minimum absolute atomic E-state index is 0.300. The molecule has 10 heteroatoms. The van der Waals surface area contributed by atoms with E-state index in [1.165, 1.54) is 12.1 Å². The van der Waals surface area contributed by atoms with Crippen molar-refractivity contribution in [1.29, 1.82) is 0 Å². The average molecular weight is 453 g/mol. The number of rotatable bonds is 4. The van der Waals surface area contributed by atoms with E-state index in [-0.39, 0.29) is 0 Å². The van der Waals surface area contributed by atoms with Gasteiger partial charge in [0.25, 0.3) is 0 Å². The molecule has 0 spiro atoms. The summed E-state index contributed by atoms with van der Waals surface area (Å²) in [5.41, 5.74) is 1.43. The second-order valence-electron chi connectivity index (χ2n) is 9.28. The number of anilines is 4. The number of fused-ring (bicyclic) bond motifs is 3. The van der Waals surface area contributed by atoms with Crippen LogP contribution in [0.2, 0.25) is 0 Å². The molecule has 172 valence electrons. The SMILES string of the molecule is Cc1cc(N2C[C@H]3CC[C@@H](C2)C3Nc2nc3n(n2)CCCN3c2cc(F)cc(F)c2)ncn1. The molecule has 2 aliphatic heterocycles. The molecule has 2 aromatic heterocycles. The minimum Gasteiger partial charge on any atom is -0.356 e. The fourth-order valence-electron chi connectivity index (χ4n) is 5.57. The number of nitrogens with one attached hydrogen (secondary N) is 1. The summed E-state index contributed by atoms with van der Waals surface area (Å²) in [6, 6.07) is 5.91. The van der Waals surface area contributed by atoms with Gasteiger partial charge in [0.2, 0.25) is 11.9 Å². The number of hydrogen-bond acceptors (Lipinski definition) is 7. The molecule has 4 heterocycles. The minimum atomic E-state index is -0.595. The van der Waals surface area contributed by atoms with Gasteiger partial charge in [-0.15, -0.1) is 5.10 Å². The Kier molecular flexibility index (Phi) is 4.88.